The largest absolute Gasteiger partial charge is 0.477 e. The van der Waals surface area contributed by atoms with E-state index in [1.54, 1.807) is 36.2 Å². The minimum Gasteiger partial charge on any atom is -0.477 e. The Bertz CT molecular complexity index is 1020. The summed E-state index contributed by atoms with van der Waals surface area (Å²) in [4.78, 5) is 36.6. The summed E-state index contributed by atoms with van der Waals surface area (Å²) in [5.74, 6) is -0.496. The molecule has 2 aromatic carbocycles. The monoisotopic (exact) mass is 440 g/mol. The zero-order chi connectivity index (χ0) is 22.9. The number of nitrogens with one attached hydrogen (secondary N) is 1. The number of hydrogen-bond donors (Lipinski definition) is 1. The molecule has 168 valence electrons. The second-order valence-electron chi connectivity index (χ2n) is 8.29. The second-order valence-corrected chi connectivity index (χ2v) is 8.29. The van der Waals surface area contributed by atoms with E-state index in [2.05, 4.69) is 5.32 Å². The maximum Gasteiger partial charge on any atom is 0.318 e. The van der Waals surface area contributed by atoms with Crippen LogP contribution < -0.4 is 10.1 Å². The van der Waals surface area contributed by atoms with Crippen molar-refractivity contribution in [3.63, 3.8) is 0 Å². The highest BCUT2D eigenvalue weighted by Gasteiger charge is 2.49. The first kappa shape index (κ1) is 21.7. The van der Waals surface area contributed by atoms with E-state index in [-0.39, 0.29) is 24.7 Å². The summed E-state index contributed by atoms with van der Waals surface area (Å²) < 4.78 is 5.54. The van der Waals surface area contributed by atoms with Gasteiger partial charge in [-0.15, -0.1) is 0 Å². The molecular weight excluding hydrogens is 416 g/mol. The molecule has 4 rings (SSSR count). The van der Waals surface area contributed by atoms with Crippen LogP contribution in [0.25, 0.3) is 0 Å². The topological polar surface area (TPSA) is 128 Å². The van der Waals surface area contributed by atoms with Gasteiger partial charge in [0.05, 0.1) is 21.6 Å². The lowest BCUT2D eigenvalue weighted by atomic mass is 10.0. The third-order valence-electron chi connectivity index (χ3n) is 6.31. The number of amides is 1. The van der Waals surface area contributed by atoms with E-state index in [4.69, 9.17) is 4.74 Å². The zero-order valence-corrected chi connectivity index (χ0v) is 17.7. The second kappa shape index (κ2) is 8.54. The van der Waals surface area contributed by atoms with E-state index in [0.29, 0.717) is 5.56 Å². The predicted molar refractivity (Wildman–Crippen MR) is 115 cm³/mol. The van der Waals surface area contributed by atoms with E-state index in [1.165, 1.54) is 12.1 Å². The average Bonchev–Trinajstić information content (AvgIpc) is 3.34. The molecule has 0 radical (unpaired) electrons. The van der Waals surface area contributed by atoms with Crippen molar-refractivity contribution in [2.75, 3.05) is 7.05 Å². The van der Waals surface area contributed by atoms with Crippen molar-refractivity contribution in [2.45, 2.75) is 50.4 Å². The van der Waals surface area contributed by atoms with Gasteiger partial charge < -0.3 is 9.64 Å². The van der Waals surface area contributed by atoms with Crippen LogP contribution in [-0.2, 0) is 17.8 Å². The third kappa shape index (κ3) is 4.01. The van der Waals surface area contributed by atoms with Crippen LogP contribution in [0.5, 0.6) is 5.75 Å². The number of hydrogen-bond acceptors (Lipinski definition) is 7. The average molecular weight is 440 g/mol. The summed E-state index contributed by atoms with van der Waals surface area (Å²) in [6.45, 7) is -0.0438. The Hall–Kier alpha value is -3.53. The van der Waals surface area contributed by atoms with Gasteiger partial charge in [-0.2, -0.15) is 0 Å². The Morgan fingerprint density at radius 1 is 1.06 bits per heavy atom. The molecule has 1 saturated heterocycles. The van der Waals surface area contributed by atoms with Gasteiger partial charge in [-0.1, -0.05) is 30.3 Å². The number of carbonyl (C=O) groups is 1. The van der Waals surface area contributed by atoms with Crippen molar-refractivity contribution in [2.24, 2.45) is 0 Å². The Kier molecular flexibility index (Phi) is 5.79. The van der Waals surface area contributed by atoms with E-state index in [9.17, 15) is 25.0 Å². The van der Waals surface area contributed by atoms with E-state index >= 15 is 0 Å². The van der Waals surface area contributed by atoms with Gasteiger partial charge in [0.15, 0.2) is 0 Å². The summed E-state index contributed by atoms with van der Waals surface area (Å²) >= 11 is 0. The molecule has 1 aliphatic heterocycles. The molecule has 1 spiro atoms. The fourth-order valence-corrected chi connectivity index (χ4v) is 4.66. The number of nitro benzene ring substituents is 2. The van der Waals surface area contributed by atoms with Crippen molar-refractivity contribution < 1.29 is 19.4 Å². The van der Waals surface area contributed by atoms with Crippen LogP contribution in [0.1, 0.15) is 36.8 Å². The fourth-order valence-electron chi connectivity index (χ4n) is 4.66. The summed E-state index contributed by atoms with van der Waals surface area (Å²) in [5, 5.41) is 26.8. The van der Waals surface area contributed by atoms with Crippen molar-refractivity contribution in [3.05, 3.63) is 73.8 Å². The van der Waals surface area contributed by atoms with Gasteiger partial charge >= 0.3 is 11.4 Å². The summed E-state index contributed by atoms with van der Waals surface area (Å²) in [6, 6.07) is 10.8. The molecule has 2 aliphatic rings. The standard InChI is InChI=1S/C22H24N4O6/c1-24-21(27)17(23-22(24)9-5-6-10-22)11-16-12-18(25(28)29)20(19(13-16)26(30)31)32-14-15-7-3-2-4-8-15/h2-4,7-8,12-13,17,23H,5-6,9-11,14H2,1H3/t17-/m0/s1. The normalized spacial score (nSPS) is 19.5. The maximum absolute atomic E-state index is 12.8. The molecule has 1 saturated carbocycles. The highest BCUT2D eigenvalue weighted by molar-refractivity contribution is 5.85. The Morgan fingerprint density at radius 2 is 1.66 bits per heavy atom. The van der Waals surface area contributed by atoms with E-state index < -0.39 is 32.9 Å². The molecule has 1 heterocycles. The Labute approximate surface area is 184 Å². The molecule has 1 aliphatic carbocycles. The lowest BCUT2D eigenvalue weighted by molar-refractivity contribution is -0.396. The number of benzene rings is 2. The number of nitro groups is 2. The highest BCUT2D eigenvalue weighted by atomic mass is 16.6. The fraction of sp³-hybridized carbons (Fsp3) is 0.409. The summed E-state index contributed by atoms with van der Waals surface area (Å²) in [5.41, 5.74) is -0.298. The van der Waals surface area contributed by atoms with Gasteiger partial charge in [0.1, 0.15) is 6.61 Å². The molecular formula is C22H24N4O6. The SMILES string of the molecule is CN1C(=O)[C@H](Cc2cc([N+](=O)[O-])c(OCc3ccccc3)c([N+](=O)[O-])c2)NC12CCCC2. The van der Waals surface area contributed by atoms with Crippen molar-refractivity contribution in [1.82, 2.24) is 10.2 Å². The first-order chi connectivity index (χ1) is 15.3. The quantitative estimate of drug-likeness (QED) is 0.517. The summed E-state index contributed by atoms with van der Waals surface area (Å²) in [7, 11) is 1.76. The molecule has 2 aromatic rings. The number of nitrogens with zero attached hydrogens (tertiary/aromatic N) is 3. The lowest BCUT2D eigenvalue weighted by Gasteiger charge is -2.31. The van der Waals surface area contributed by atoms with E-state index in [1.807, 2.05) is 6.07 Å². The minimum absolute atomic E-state index is 0.0438. The molecule has 32 heavy (non-hydrogen) atoms. The molecule has 2 fully saturated rings. The smallest absolute Gasteiger partial charge is 0.318 e. The van der Waals surface area contributed by atoms with Crippen molar-refractivity contribution in [3.8, 4) is 5.75 Å². The molecule has 10 nitrogen and oxygen atoms in total. The van der Waals surface area contributed by atoms with Crippen LogP contribution in [0.2, 0.25) is 0 Å². The number of likely N-dealkylation sites (N-methyl/N-ethyl adjacent to an activating group) is 1. The van der Waals surface area contributed by atoms with Crippen LogP contribution in [-0.4, -0.2) is 39.4 Å². The van der Waals surface area contributed by atoms with Gasteiger partial charge in [-0.3, -0.25) is 30.3 Å². The molecule has 1 amide bonds. The summed E-state index contributed by atoms with van der Waals surface area (Å²) in [6.07, 6.45) is 3.84. The van der Waals surface area contributed by atoms with Gasteiger partial charge in [0, 0.05) is 19.2 Å². The number of ether oxygens (including phenoxy) is 1. The number of carbonyl (C=O) groups excluding carboxylic acids is 1. The van der Waals surface area contributed by atoms with E-state index in [0.717, 1.165) is 31.2 Å². The molecule has 0 aromatic heterocycles. The van der Waals surface area contributed by atoms with Crippen LogP contribution in [0.15, 0.2) is 42.5 Å². The minimum atomic E-state index is -0.689. The molecule has 10 heteroatoms. The zero-order valence-electron chi connectivity index (χ0n) is 17.7. The Morgan fingerprint density at radius 3 is 2.22 bits per heavy atom. The van der Waals surface area contributed by atoms with Gasteiger partial charge in [-0.05, 0) is 43.2 Å². The number of rotatable bonds is 7. The highest BCUT2D eigenvalue weighted by Crippen LogP contribution is 2.40. The van der Waals surface area contributed by atoms with Crippen LogP contribution >= 0.6 is 0 Å². The molecule has 0 unspecified atom stereocenters. The van der Waals surface area contributed by atoms with Crippen molar-refractivity contribution >= 4 is 17.3 Å². The van der Waals surface area contributed by atoms with Gasteiger partial charge in [0.2, 0.25) is 5.91 Å². The van der Waals surface area contributed by atoms with Crippen LogP contribution in [0.3, 0.4) is 0 Å². The van der Waals surface area contributed by atoms with Gasteiger partial charge in [-0.25, -0.2) is 0 Å². The van der Waals surface area contributed by atoms with Crippen LogP contribution in [0.4, 0.5) is 11.4 Å². The first-order valence-corrected chi connectivity index (χ1v) is 10.5. The van der Waals surface area contributed by atoms with Crippen molar-refractivity contribution in [1.29, 1.82) is 0 Å². The Balaban J connectivity index is 1.63. The van der Waals surface area contributed by atoms with Gasteiger partial charge in [0.25, 0.3) is 5.75 Å². The maximum atomic E-state index is 12.8. The molecule has 0 bridgehead atoms. The third-order valence-corrected chi connectivity index (χ3v) is 6.31. The molecule has 1 atom stereocenters. The molecule has 1 N–H and O–H groups in total. The predicted octanol–water partition coefficient (Wildman–Crippen LogP) is 3.33. The first-order valence-electron chi connectivity index (χ1n) is 10.5. The lowest BCUT2D eigenvalue weighted by Crippen LogP contribution is -2.48. The van der Waals surface area contributed by atoms with Crippen LogP contribution in [0, 0.1) is 20.2 Å².